The van der Waals surface area contributed by atoms with Gasteiger partial charge in [-0.1, -0.05) is 0 Å². The first kappa shape index (κ1) is 10.8. The minimum atomic E-state index is -3.09. The van der Waals surface area contributed by atoms with Crippen molar-refractivity contribution in [3.05, 3.63) is 23.0 Å². The highest BCUT2D eigenvalue weighted by Crippen LogP contribution is 2.25. The maximum Gasteiger partial charge on any atom is 0.339 e. The number of halogens is 2. The normalized spacial score (nSPS) is 10.0. The fraction of sp³-hybridized carbons (Fsp3) is 0.125. The van der Waals surface area contributed by atoms with Crippen molar-refractivity contribution in [2.75, 3.05) is 5.73 Å². The minimum absolute atomic E-state index is 0.340. The van der Waals surface area contributed by atoms with Crippen LogP contribution in [0.2, 0.25) is 0 Å². The van der Waals surface area contributed by atoms with Gasteiger partial charge in [-0.05, 0) is 6.07 Å². The second-order valence-corrected chi connectivity index (χ2v) is 2.57. The van der Waals surface area contributed by atoms with Crippen LogP contribution in [-0.4, -0.2) is 16.1 Å². The molecule has 0 amide bonds. The molecular formula is C8H5F2N3O2. The van der Waals surface area contributed by atoms with E-state index in [1.807, 2.05) is 0 Å². The van der Waals surface area contributed by atoms with E-state index in [9.17, 15) is 13.6 Å². The first-order chi connectivity index (χ1) is 6.97. The maximum absolute atomic E-state index is 12.4. The number of alkyl halides is 2. The molecule has 0 aliphatic carbocycles. The summed E-state index contributed by atoms with van der Waals surface area (Å²) in [5.74, 6) is -1.60. The van der Waals surface area contributed by atoms with Crippen molar-refractivity contribution < 1.29 is 18.7 Å². The number of nitrogen functional groups attached to an aromatic ring is 1. The van der Waals surface area contributed by atoms with Crippen LogP contribution in [0.5, 0.6) is 0 Å². The van der Waals surface area contributed by atoms with Gasteiger partial charge in [0.05, 0.1) is 5.69 Å². The van der Waals surface area contributed by atoms with E-state index in [0.29, 0.717) is 0 Å². The van der Waals surface area contributed by atoms with Crippen LogP contribution in [-0.2, 0) is 0 Å². The molecule has 0 saturated carbocycles. The summed E-state index contributed by atoms with van der Waals surface area (Å²) < 4.78 is 24.8. The summed E-state index contributed by atoms with van der Waals surface area (Å²) in [5, 5.41) is 17.1. The third-order valence-corrected chi connectivity index (χ3v) is 1.61. The lowest BCUT2D eigenvalue weighted by molar-refractivity contribution is 0.0683. The molecule has 1 aromatic heterocycles. The Kier molecular flexibility index (Phi) is 2.80. The van der Waals surface area contributed by atoms with E-state index in [0.717, 1.165) is 6.07 Å². The Morgan fingerprint density at radius 3 is 2.67 bits per heavy atom. The average Bonchev–Trinajstić information content (AvgIpc) is 2.15. The summed E-state index contributed by atoms with van der Waals surface area (Å²) in [4.78, 5) is 13.8. The Morgan fingerprint density at radius 1 is 1.67 bits per heavy atom. The smallest absolute Gasteiger partial charge is 0.339 e. The van der Waals surface area contributed by atoms with Gasteiger partial charge in [-0.3, -0.25) is 0 Å². The largest absolute Gasteiger partial charge is 0.478 e. The molecular weight excluding hydrogens is 208 g/mol. The summed E-state index contributed by atoms with van der Waals surface area (Å²) in [5.41, 5.74) is 2.75. The topological polar surface area (TPSA) is 100 Å². The number of anilines is 1. The van der Waals surface area contributed by atoms with Crippen LogP contribution in [0.4, 0.5) is 14.5 Å². The molecule has 5 nitrogen and oxygen atoms in total. The Bertz CT molecular complexity index is 454. The van der Waals surface area contributed by atoms with E-state index >= 15 is 0 Å². The van der Waals surface area contributed by atoms with Crippen molar-refractivity contribution in [1.29, 1.82) is 5.26 Å². The molecule has 7 heteroatoms. The zero-order chi connectivity index (χ0) is 11.6. The lowest BCUT2D eigenvalue weighted by Gasteiger charge is -2.07. The second-order valence-electron chi connectivity index (χ2n) is 2.57. The van der Waals surface area contributed by atoms with Crippen LogP contribution in [0.25, 0.3) is 0 Å². The number of carboxylic acids is 1. The fourth-order valence-electron chi connectivity index (χ4n) is 1.03. The van der Waals surface area contributed by atoms with Crippen LogP contribution in [0.1, 0.15) is 28.2 Å². The van der Waals surface area contributed by atoms with Crippen LogP contribution in [0, 0.1) is 11.3 Å². The SMILES string of the molecule is N#Cc1cc(N)c(C(=O)O)c(C(F)F)n1. The zero-order valence-electron chi connectivity index (χ0n) is 7.24. The first-order valence-electron chi connectivity index (χ1n) is 3.69. The molecule has 0 fully saturated rings. The van der Waals surface area contributed by atoms with Crippen molar-refractivity contribution in [3.8, 4) is 6.07 Å². The highest BCUT2D eigenvalue weighted by molar-refractivity contribution is 5.95. The predicted molar refractivity (Wildman–Crippen MR) is 45.3 cm³/mol. The van der Waals surface area contributed by atoms with E-state index in [2.05, 4.69) is 4.98 Å². The first-order valence-corrected chi connectivity index (χ1v) is 3.69. The molecule has 1 aromatic rings. The van der Waals surface area contributed by atoms with Gasteiger partial charge in [-0.15, -0.1) is 0 Å². The van der Waals surface area contributed by atoms with E-state index in [1.165, 1.54) is 6.07 Å². The van der Waals surface area contributed by atoms with Crippen molar-refractivity contribution in [3.63, 3.8) is 0 Å². The fourth-order valence-corrected chi connectivity index (χ4v) is 1.03. The molecule has 0 aromatic carbocycles. The van der Waals surface area contributed by atoms with Gasteiger partial charge in [-0.2, -0.15) is 5.26 Å². The Hall–Kier alpha value is -2.23. The van der Waals surface area contributed by atoms with Crippen LogP contribution in [0.3, 0.4) is 0 Å². The lowest BCUT2D eigenvalue weighted by atomic mass is 10.1. The summed E-state index contributed by atoms with van der Waals surface area (Å²) >= 11 is 0. The summed E-state index contributed by atoms with van der Waals surface area (Å²) in [7, 11) is 0. The number of aromatic carboxylic acids is 1. The number of nitrogens with zero attached hydrogens (tertiary/aromatic N) is 2. The van der Waals surface area contributed by atoms with Crippen LogP contribution < -0.4 is 5.73 Å². The minimum Gasteiger partial charge on any atom is -0.478 e. The van der Waals surface area contributed by atoms with Crippen molar-refractivity contribution >= 4 is 11.7 Å². The number of pyridine rings is 1. The van der Waals surface area contributed by atoms with Gasteiger partial charge in [-0.25, -0.2) is 18.6 Å². The van der Waals surface area contributed by atoms with Gasteiger partial charge < -0.3 is 10.8 Å². The highest BCUT2D eigenvalue weighted by atomic mass is 19.3. The lowest BCUT2D eigenvalue weighted by Crippen LogP contribution is -2.10. The molecule has 0 radical (unpaired) electrons. The van der Waals surface area contributed by atoms with E-state index in [-0.39, 0.29) is 5.69 Å². The third-order valence-electron chi connectivity index (χ3n) is 1.61. The maximum atomic E-state index is 12.4. The molecule has 0 unspecified atom stereocenters. The van der Waals surface area contributed by atoms with Gasteiger partial charge >= 0.3 is 5.97 Å². The quantitative estimate of drug-likeness (QED) is 0.767. The van der Waals surface area contributed by atoms with Gasteiger partial charge in [0.25, 0.3) is 6.43 Å². The number of hydrogen-bond acceptors (Lipinski definition) is 4. The highest BCUT2D eigenvalue weighted by Gasteiger charge is 2.23. The summed E-state index contributed by atoms with van der Waals surface area (Å²) in [6.07, 6.45) is -3.09. The summed E-state index contributed by atoms with van der Waals surface area (Å²) in [6, 6.07) is 2.45. The van der Waals surface area contributed by atoms with Crippen molar-refractivity contribution in [2.45, 2.75) is 6.43 Å². The molecule has 0 atom stereocenters. The van der Waals surface area contributed by atoms with Gasteiger partial charge in [0.1, 0.15) is 23.0 Å². The van der Waals surface area contributed by atoms with E-state index in [1.54, 1.807) is 0 Å². The van der Waals surface area contributed by atoms with Gasteiger partial charge in [0.2, 0.25) is 0 Å². The zero-order valence-corrected chi connectivity index (χ0v) is 7.24. The average molecular weight is 213 g/mol. The molecule has 0 bridgehead atoms. The summed E-state index contributed by atoms with van der Waals surface area (Å²) in [6.45, 7) is 0. The van der Waals surface area contributed by atoms with Crippen molar-refractivity contribution in [2.24, 2.45) is 0 Å². The second kappa shape index (κ2) is 3.88. The van der Waals surface area contributed by atoms with Gasteiger partial charge in [0.15, 0.2) is 0 Å². The number of aromatic nitrogens is 1. The number of rotatable bonds is 2. The number of carboxylic acid groups (broad SMARTS) is 1. The number of nitrogens with two attached hydrogens (primary N) is 1. The Balaban J connectivity index is 3.51. The molecule has 78 valence electrons. The molecule has 1 rings (SSSR count). The molecule has 1 heterocycles. The van der Waals surface area contributed by atoms with Crippen LogP contribution in [0.15, 0.2) is 6.07 Å². The molecule has 0 spiro atoms. The molecule has 0 saturated heterocycles. The molecule has 0 aliphatic rings. The number of nitriles is 1. The standard InChI is InChI=1S/C8H5F2N3O2/c9-7(10)6-5(8(14)15)4(12)1-3(2-11)13-6/h1,7H,(H2,12,13)(H,14,15). The van der Waals surface area contributed by atoms with E-state index < -0.39 is 29.3 Å². The predicted octanol–water partition coefficient (Wildman–Crippen LogP) is 1.17. The monoisotopic (exact) mass is 213 g/mol. The molecule has 15 heavy (non-hydrogen) atoms. The van der Waals surface area contributed by atoms with Crippen molar-refractivity contribution in [1.82, 2.24) is 4.98 Å². The Morgan fingerprint density at radius 2 is 2.27 bits per heavy atom. The number of carbonyl (C=O) groups is 1. The molecule has 3 N–H and O–H groups in total. The number of hydrogen-bond donors (Lipinski definition) is 2. The third kappa shape index (κ3) is 1.99. The van der Waals surface area contributed by atoms with E-state index in [4.69, 9.17) is 16.1 Å². The Labute approximate surface area is 82.8 Å². The van der Waals surface area contributed by atoms with Gasteiger partial charge in [0, 0.05) is 0 Å². The van der Waals surface area contributed by atoms with Crippen LogP contribution >= 0.6 is 0 Å². The molecule has 0 aliphatic heterocycles.